The summed E-state index contributed by atoms with van der Waals surface area (Å²) in [6.07, 6.45) is -5.16. The van der Waals surface area contributed by atoms with Crippen molar-refractivity contribution in [1.82, 2.24) is 14.7 Å². The molecule has 9 heteroatoms. The molecule has 3 rings (SSSR count). The topological polar surface area (TPSA) is 47.4 Å². The van der Waals surface area contributed by atoms with Crippen LogP contribution in [0.15, 0.2) is 24.3 Å². The summed E-state index contributed by atoms with van der Waals surface area (Å²) in [6, 6.07) is 4.95. The van der Waals surface area contributed by atoms with Crippen molar-refractivity contribution in [3.8, 4) is 0 Å². The molecule has 2 aromatic rings. The molecule has 0 fully saturated rings. The second-order valence-corrected chi connectivity index (χ2v) is 8.10. The van der Waals surface area contributed by atoms with Crippen LogP contribution in [0.4, 0.5) is 22.4 Å². The van der Waals surface area contributed by atoms with Gasteiger partial charge in [-0.1, -0.05) is 12.1 Å². The lowest BCUT2D eigenvalue weighted by Crippen LogP contribution is -2.40. The van der Waals surface area contributed by atoms with Gasteiger partial charge in [0.25, 0.3) is 0 Å². The lowest BCUT2D eigenvalue weighted by molar-refractivity contribution is -0.142. The van der Waals surface area contributed by atoms with Crippen LogP contribution in [-0.4, -0.2) is 32.9 Å². The molecule has 5 nitrogen and oxygen atoms in total. The minimum atomic E-state index is -4.61. The Bertz CT molecular complexity index is 898. The molecule has 1 aromatic heterocycles. The second-order valence-electron chi connectivity index (χ2n) is 8.10. The first-order chi connectivity index (χ1) is 13.4. The lowest BCUT2D eigenvalue weighted by atomic mass is 10.0. The van der Waals surface area contributed by atoms with Gasteiger partial charge in [0.2, 0.25) is 0 Å². The van der Waals surface area contributed by atoms with Crippen LogP contribution in [0.2, 0.25) is 0 Å². The standard InChI is InChI=1S/C20H23F4N3O2/c1-12(13-5-7-14(21)8-6-13)27-16-11-26(18(28)29-19(2,3)4)10-9-15(16)17(25-27)20(22,23)24/h5-8,12H,9-11H2,1-4H3. The molecule has 1 unspecified atom stereocenters. The van der Waals surface area contributed by atoms with E-state index < -0.39 is 35.4 Å². The van der Waals surface area contributed by atoms with E-state index in [0.29, 0.717) is 11.3 Å². The smallest absolute Gasteiger partial charge is 0.435 e. The van der Waals surface area contributed by atoms with E-state index in [4.69, 9.17) is 4.74 Å². The number of amides is 1. The Hall–Kier alpha value is -2.58. The Morgan fingerprint density at radius 2 is 1.79 bits per heavy atom. The summed E-state index contributed by atoms with van der Waals surface area (Å²) in [5.41, 5.74) is -0.640. The molecule has 0 N–H and O–H groups in total. The van der Waals surface area contributed by atoms with Crippen molar-refractivity contribution in [2.45, 2.75) is 58.5 Å². The van der Waals surface area contributed by atoms with Gasteiger partial charge in [-0.3, -0.25) is 4.68 Å². The van der Waals surface area contributed by atoms with Crippen LogP contribution in [0.25, 0.3) is 0 Å². The average Bonchev–Trinajstić information content (AvgIpc) is 2.99. The quantitative estimate of drug-likeness (QED) is 0.655. The summed E-state index contributed by atoms with van der Waals surface area (Å²) < 4.78 is 60.5. The van der Waals surface area contributed by atoms with E-state index in [9.17, 15) is 22.4 Å². The van der Waals surface area contributed by atoms with Crippen molar-refractivity contribution in [2.24, 2.45) is 0 Å². The Balaban J connectivity index is 1.99. The fraction of sp³-hybridized carbons (Fsp3) is 0.500. The molecule has 1 aromatic carbocycles. The normalized spacial score (nSPS) is 15.8. The maximum Gasteiger partial charge on any atom is 0.435 e. The minimum absolute atomic E-state index is 0.0273. The van der Waals surface area contributed by atoms with Crippen LogP contribution in [0.1, 0.15) is 56.3 Å². The summed E-state index contributed by atoms with van der Waals surface area (Å²) in [5.74, 6) is -0.435. The molecule has 0 spiro atoms. The number of fused-ring (bicyclic) bond motifs is 1. The Morgan fingerprint density at radius 1 is 1.17 bits per heavy atom. The number of hydrogen-bond donors (Lipinski definition) is 0. The van der Waals surface area contributed by atoms with Gasteiger partial charge in [-0.05, 0) is 51.8 Å². The van der Waals surface area contributed by atoms with Crippen molar-refractivity contribution in [3.05, 3.63) is 52.6 Å². The zero-order chi connectivity index (χ0) is 21.6. The predicted molar refractivity (Wildman–Crippen MR) is 97.8 cm³/mol. The van der Waals surface area contributed by atoms with Gasteiger partial charge in [0, 0.05) is 12.1 Å². The van der Waals surface area contributed by atoms with Crippen molar-refractivity contribution < 1.29 is 27.1 Å². The number of nitrogens with zero attached hydrogens (tertiary/aromatic N) is 3. The van der Waals surface area contributed by atoms with Crippen molar-refractivity contribution in [1.29, 1.82) is 0 Å². The predicted octanol–water partition coefficient (Wildman–Crippen LogP) is 4.94. The fourth-order valence-electron chi connectivity index (χ4n) is 3.35. The number of halogens is 4. The summed E-state index contributed by atoms with van der Waals surface area (Å²) in [4.78, 5) is 13.8. The van der Waals surface area contributed by atoms with Gasteiger partial charge in [0.1, 0.15) is 11.4 Å². The second kappa shape index (κ2) is 7.35. The number of rotatable bonds is 2. The maximum absolute atomic E-state index is 13.6. The fourth-order valence-corrected chi connectivity index (χ4v) is 3.35. The molecule has 1 atom stereocenters. The summed E-state index contributed by atoms with van der Waals surface area (Å²) in [5, 5.41) is 3.85. The third-order valence-corrected chi connectivity index (χ3v) is 4.73. The number of aromatic nitrogens is 2. The SMILES string of the molecule is CC(c1ccc(F)cc1)n1nc(C(F)(F)F)c2c1CN(C(=O)OC(C)(C)C)CC2. The Morgan fingerprint density at radius 3 is 2.34 bits per heavy atom. The Labute approximate surface area is 166 Å². The summed E-state index contributed by atoms with van der Waals surface area (Å²) in [7, 11) is 0. The highest BCUT2D eigenvalue weighted by Crippen LogP contribution is 2.37. The zero-order valence-electron chi connectivity index (χ0n) is 16.7. The summed E-state index contributed by atoms with van der Waals surface area (Å²) in [6.45, 7) is 6.93. The highest BCUT2D eigenvalue weighted by molar-refractivity contribution is 5.68. The number of alkyl halides is 3. The zero-order valence-corrected chi connectivity index (χ0v) is 16.7. The van der Waals surface area contributed by atoms with Crippen molar-refractivity contribution >= 4 is 6.09 Å². The molecule has 158 valence electrons. The molecule has 1 aliphatic heterocycles. The number of benzene rings is 1. The van der Waals surface area contributed by atoms with Crippen LogP contribution in [-0.2, 0) is 23.9 Å². The Kier molecular flexibility index (Phi) is 5.36. The molecule has 2 heterocycles. The highest BCUT2D eigenvalue weighted by Gasteiger charge is 2.42. The third kappa shape index (κ3) is 4.54. The molecular weight excluding hydrogens is 390 g/mol. The molecule has 0 aliphatic carbocycles. The van der Waals surface area contributed by atoms with Crippen LogP contribution < -0.4 is 0 Å². The molecule has 0 saturated carbocycles. The van der Waals surface area contributed by atoms with E-state index in [-0.39, 0.29) is 25.1 Å². The number of carbonyl (C=O) groups is 1. The highest BCUT2D eigenvalue weighted by atomic mass is 19.4. The average molecular weight is 413 g/mol. The molecular formula is C20H23F4N3O2. The molecule has 0 radical (unpaired) electrons. The van der Waals surface area contributed by atoms with Crippen LogP contribution >= 0.6 is 0 Å². The summed E-state index contributed by atoms with van der Waals surface area (Å²) >= 11 is 0. The van der Waals surface area contributed by atoms with Gasteiger partial charge in [-0.25, -0.2) is 9.18 Å². The van der Waals surface area contributed by atoms with E-state index in [1.165, 1.54) is 33.8 Å². The maximum atomic E-state index is 13.6. The van der Waals surface area contributed by atoms with E-state index in [0.717, 1.165) is 0 Å². The molecule has 1 amide bonds. The van der Waals surface area contributed by atoms with E-state index in [2.05, 4.69) is 5.10 Å². The molecule has 0 bridgehead atoms. The number of hydrogen-bond acceptors (Lipinski definition) is 3. The van der Waals surface area contributed by atoms with Crippen LogP contribution in [0.5, 0.6) is 0 Å². The van der Waals surface area contributed by atoms with E-state index in [1.54, 1.807) is 27.7 Å². The van der Waals surface area contributed by atoms with Crippen LogP contribution in [0.3, 0.4) is 0 Å². The van der Waals surface area contributed by atoms with Gasteiger partial charge in [-0.15, -0.1) is 0 Å². The first kappa shape index (κ1) is 21.1. The largest absolute Gasteiger partial charge is 0.444 e. The van der Waals surface area contributed by atoms with Crippen molar-refractivity contribution in [2.75, 3.05) is 6.54 Å². The number of carbonyl (C=O) groups excluding carboxylic acids is 1. The first-order valence-corrected chi connectivity index (χ1v) is 9.27. The monoisotopic (exact) mass is 413 g/mol. The van der Waals surface area contributed by atoms with Gasteiger partial charge in [0.15, 0.2) is 5.69 Å². The van der Waals surface area contributed by atoms with Gasteiger partial charge in [0.05, 0.1) is 18.3 Å². The third-order valence-electron chi connectivity index (χ3n) is 4.73. The molecule has 0 saturated heterocycles. The van der Waals surface area contributed by atoms with Crippen molar-refractivity contribution in [3.63, 3.8) is 0 Å². The first-order valence-electron chi connectivity index (χ1n) is 9.27. The molecule has 29 heavy (non-hydrogen) atoms. The molecule has 1 aliphatic rings. The van der Waals surface area contributed by atoms with Gasteiger partial charge in [-0.2, -0.15) is 18.3 Å². The number of ether oxygens (including phenoxy) is 1. The van der Waals surface area contributed by atoms with Gasteiger partial charge < -0.3 is 9.64 Å². The minimum Gasteiger partial charge on any atom is -0.444 e. The lowest BCUT2D eigenvalue weighted by Gasteiger charge is -2.31. The van der Waals surface area contributed by atoms with E-state index in [1.807, 2.05) is 0 Å². The van der Waals surface area contributed by atoms with Crippen LogP contribution in [0, 0.1) is 5.82 Å². The van der Waals surface area contributed by atoms with Gasteiger partial charge >= 0.3 is 12.3 Å². The van der Waals surface area contributed by atoms with E-state index >= 15 is 0 Å².